The predicted molar refractivity (Wildman–Crippen MR) is 90.6 cm³/mol. The first kappa shape index (κ1) is 16.9. The highest BCUT2D eigenvalue weighted by Crippen LogP contribution is 2.20. The van der Waals surface area contributed by atoms with Crippen molar-refractivity contribution in [3.63, 3.8) is 0 Å². The summed E-state index contributed by atoms with van der Waals surface area (Å²) in [6.07, 6.45) is 0.348. The van der Waals surface area contributed by atoms with E-state index < -0.39 is 0 Å². The van der Waals surface area contributed by atoms with Crippen LogP contribution in [-0.4, -0.2) is 41.6 Å². The molecule has 1 aromatic carbocycles. The zero-order chi connectivity index (χ0) is 15.9. The molecular formula is C17H24N2O2S. The van der Waals surface area contributed by atoms with E-state index in [-0.39, 0.29) is 23.8 Å². The number of benzene rings is 1. The van der Waals surface area contributed by atoms with Crippen molar-refractivity contribution >= 4 is 23.6 Å². The molecule has 1 aromatic rings. The predicted octanol–water partition coefficient (Wildman–Crippen LogP) is 2.29. The maximum absolute atomic E-state index is 12.1. The zero-order valence-electron chi connectivity index (χ0n) is 13.2. The molecule has 0 aromatic heterocycles. The Morgan fingerprint density at radius 2 is 2.09 bits per heavy atom. The molecule has 0 unspecified atom stereocenters. The summed E-state index contributed by atoms with van der Waals surface area (Å²) in [5, 5.41) is 2.95. The molecule has 0 spiro atoms. The van der Waals surface area contributed by atoms with Crippen LogP contribution in [0.25, 0.3) is 0 Å². The van der Waals surface area contributed by atoms with Gasteiger partial charge in [0.1, 0.15) is 0 Å². The van der Waals surface area contributed by atoms with Crippen LogP contribution >= 0.6 is 11.8 Å². The van der Waals surface area contributed by atoms with E-state index in [9.17, 15) is 9.59 Å². The number of rotatable bonds is 7. The van der Waals surface area contributed by atoms with Crippen LogP contribution in [0.5, 0.6) is 0 Å². The topological polar surface area (TPSA) is 49.4 Å². The number of nitrogens with one attached hydrogen (secondary N) is 1. The number of carbonyl (C=O) groups is 2. The standard InChI is InChI=1S/C17H24N2O2S/c1-13(2)19-11-15(10-16(19)20)17(21)18-8-9-22-12-14-6-4-3-5-7-14/h3-7,13,15H,8-12H2,1-2H3,(H,18,21)/t15-/m0/s1. The molecule has 2 amide bonds. The summed E-state index contributed by atoms with van der Waals surface area (Å²) < 4.78 is 0. The SMILES string of the molecule is CC(C)N1C[C@@H](C(=O)NCCSCc2ccccc2)CC1=O. The molecule has 0 aliphatic carbocycles. The number of hydrogen-bond acceptors (Lipinski definition) is 3. The van der Waals surface area contributed by atoms with E-state index in [0.29, 0.717) is 19.5 Å². The lowest BCUT2D eigenvalue weighted by Gasteiger charge is -2.20. The van der Waals surface area contributed by atoms with Crippen molar-refractivity contribution < 1.29 is 9.59 Å². The summed E-state index contributed by atoms with van der Waals surface area (Å²) in [7, 11) is 0. The van der Waals surface area contributed by atoms with Crippen LogP contribution in [0.1, 0.15) is 25.8 Å². The van der Waals surface area contributed by atoms with Gasteiger partial charge in [-0.05, 0) is 19.4 Å². The molecule has 1 fully saturated rings. The van der Waals surface area contributed by atoms with Gasteiger partial charge in [-0.2, -0.15) is 11.8 Å². The Balaban J connectivity index is 1.63. The summed E-state index contributed by atoms with van der Waals surface area (Å²) in [6, 6.07) is 10.5. The van der Waals surface area contributed by atoms with Crippen LogP contribution in [0.2, 0.25) is 0 Å². The normalized spacial score (nSPS) is 18.0. The second-order valence-electron chi connectivity index (χ2n) is 5.87. The van der Waals surface area contributed by atoms with Gasteiger partial charge in [0.05, 0.1) is 5.92 Å². The lowest BCUT2D eigenvalue weighted by molar-refractivity contribution is -0.129. The number of likely N-dealkylation sites (tertiary alicyclic amines) is 1. The summed E-state index contributed by atoms with van der Waals surface area (Å²) >= 11 is 1.80. The van der Waals surface area contributed by atoms with Crippen LogP contribution in [0.15, 0.2) is 30.3 Å². The van der Waals surface area contributed by atoms with Gasteiger partial charge in [-0.25, -0.2) is 0 Å². The molecule has 1 atom stereocenters. The van der Waals surface area contributed by atoms with Crippen molar-refractivity contribution in [3.8, 4) is 0 Å². The first-order valence-electron chi connectivity index (χ1n) is 7.76. The highest BCUT2D eigenvalue weighted by atomic mass is 32.2. The molecule has 1 saturated heterocycles. The molecular weight excluding hydrogens is 296 g/mol. The van der Waals surface area contributed by atoms with Crippen LogP contribution in [0.3, 0.4) is 0 Å². The number of thioether (sulfide) groups is 1. The van der Waals surface area contributed by atoms with Crippen molar-refractivity contribution in [2.24, 2.45) is 5.92 Å². The maximum atomic E-state index is 12.1. The van der Waals surface area contributed by atoms with Crippen LogP contribution < -0.4 is 5.32 Å². The summed E-state index contributed by atoms with van der Waals surface area (Å²) in [6.45, 7) is 5.18. The molecule has 120 valence electrons. The average molecular weight is 320 g/mol. The lowest BCUT2D eigenvalue weighted by atomic mass is 10.1. The van der Waals surface area contributed by atoms with Crippen molar-refractivity contribution in [2.45, 2.75) is 32.1 Å². The van der Waals surface area contributed by atoms with Crippen molar-refractivity contribution in [2.75, 3.05) is 18.8 Å². The van der Waals surface area contributed by atoms with Gasteiger partial charge in [0.15, 0.2) is 0 Å². The minimum absolute atomic E-state index is 0.0109. The minimum atomic E-state index is -0.186. The Morgan fingerprint density at radius 3 is 2.73 bits per heavy atom. The van der Waals surface area contributed by atoms with E-state index in [2.05, 4.69) is 17.4 Å². The van der Waals surface area contributed by atoms with Crippen LogP contribution in [0.4, 0.5) is 0 Å². The molecule has 1 aliphatic rings. The van der Waals surface area contributed by atoms with Gasteiger partial charge >= 0.3 is 0 Å². The molecule has 1 aliphatic heterocycles. The first-order chi connectivity index (χ1) is 10.6. The molecule has 22 heavy (non-hydrogen) atoms. The molecule has 0 bridgehead atoms. The van der Waals surface area contributed by atoms with Gasteiger partial charge < -0.3 is 10.2 Å². The third-order valence-corrected chi connectivity index (χ3v) is 4.84. The molecule has 2 rings (SSSR count). The Hall–Kier alpha value is -1.49. The highest BCUT2D eigenvalue weighted by molar-refractivity contribution is 7.98. The fraction of sp³-hybridized carbons (Fsp3) is 0.529. The van der Waals surface area contributed by atoms with Gasteiger partial charge in [0.2, 0.25) is 11.8 Å². The van der Waals surface area contributed by atoms with E-state index in [1.54, 1.807) is 16.7 Å². The number of carbonyl (C=O) groups excluding carboxylic acids is 2. The summed E-state index contributed by atoms with van der Waals surface area (Å²) in [5.41, 5.74) is 1.30. The van der Waals surface area contributed by atoms with Crippen LogP contribution in [-0.2, 0) is 15.3 Å². The third kappa shape index (κ3) is 4.77. The molecule has 0 saturated carbocycles. The molecule has 1 heterocycles. The number of amides is 2. The van der Waals surface area contributed by atoms with Gasteiger partial charge in [-0.15, -0.1) is 0 Å². The highest BCUT2D eigenvalue weighted by Gasteiger charge is 2.35. The smallest absolute Gasteiger partial charge is 0.225 e. The summed E-state index contributed by atoms with van der Waals surface area (Å²) in [5.74, 6) is 1.76. The quantitative estimate of drug-likeness (QED) is 0.784. The second-order valence-corrected chi connectivity index (χ2v) is 6.98. The zero-order valence-corrected chi connectivity index (χ0v) is 14.1. The Labute approximate surface area is 136 Å². The van der Waals surface area contributed by atoms with Crippen molar-refractivity contribution in [3.05, 3.63) is 35.9 Å². The fourth-order valence-electron chi connectivity index (χ4n) is 2.56. The molecule has 1 N–H and O–H groups in total. The Morgan fingerprint density at radius 1 is 1.36 bits per heavy atom. The van der Waals surface area contributed by atoms with Crippen molar-refractivity contribution in [1.29, 1.82) is 0 Å². The second kappa shape index (κ2) is 8.22. The lowest BCUT2D eigenvalue weighted by Crippen LogP contribution is -2.36. The monoisotopic (exact) mass is 320 g/mol. The van der Waals surface area contributed by atoms with E-state index in [1.807, 2.05) is 32.0 Å². The number of nitrogens with zero attached hydrogens (tertiary/aromatic N) is 1. The van der Waals surface area contributed by atoms with Gasteiger partial charge in [0.25, 0.3) is 0 Å². The van der Waals surface area contributed by atoms with Gasteiger partial charge in [-0.1, -0.05) is 30.3 Å². The van der Waals surface area contributed by atoms with Crippen LogP contribution in [0, 0.1) is 5.92 Å². The van der Waals surface area contributed by atoms with E-state index in [1.165, 1.54) is 5.56 Å². The molecule has 5 heteroatoms. The summed E-state index contributed by atoms with van der Waals surface area (Å²) in [4.78, 5) is 25.7. The third-order valence-electron chi connectivity index (χ3n) is 3.81. The largest absolute Gasteiger partial charge is 0.355 e. The van der Waals surface area contributed by atoms with E-state index in [4.69, 9.17) is 0 Å². The van der Waals surface area contributed by atoms with Gasteiger partial charge in [0, 0.05) is 37.1 Å². The minimum Gasteiger partial charge on any atom is -0.355 e. The van der Waals surface area contributed by atoms with E-state index in [0.717, 1.165) is 11.5 Å². The Bertz CT molecular complexity index is 505. The molecule has 0 radical (unpaired) electrons. The average Bonchev–Trinajstić information content (AvgIpc) is 2.90. The Kier molecular flexibility index (Phi) is 6.31. The van der Waals surface area contributed by atoms with Gasteiger partial charge in [-0.3, -0.25) is 9.59 Å². The molecule has 4 nitrogen and oxygen atoms in total. The first-order valence-corrected chi connectivity index (χ1v) is 8.92. The fourth-order valence-corrected chi connectivity index (χ4v) is 3.38. The number of hydrogen-bond donors (Lipinski definition) is 1. The van der Waals surface area contributed by atoms with Crippen molar-refractivity contribution in [1.82, 2.24) is 10.2 Å². The maximum Gasteiger partial charge on any atom is 0.225 e. The van der Waals surface area contributed by atoms with E-state index >= 15 is 0 Å².